The third-order valence-electron chi connectivity index (χ3n) is 4.26. The molecule has 1 aliphatic carbocycles. The smallest absolute Gasteiger partial charge is 0.223 e. The van der Waals surface area contributed by atoms with Gasteiger partial charge in [0.1, 0.15) is 11.5 Å². The monoisotopic (exact) mass is 294 g/mol. The molecule has 0 unspecified atom stereocenters. The first-order chi connectivity index (χ1) is 10.8. The molecule has 5 heteroatoms. The van der Waals surface area contributed by atoms with Crippen molar-refractivity contribution in [3.8, 4) is 0 Å². The highest BCUT2D eigenvalue weighted by atomic mass is 19.1. The highest BCUT2D eigenvalue weighted by Gasteiger charge is 2.42. The summed E-state index contributed by atoms with van der Waals surface area (Å²) in [6.07, 6.45) is 6.11. The zero-order valence-electron chi connectivity index (χ0n) is 12.0. The molecule has 4 rings (SSSR count). The Labute approximate surface area is 127 Å². The summed E-state index contributed by atoms with van der Waals surface area (Å²) < 4.78 is 14.1. The molecule has 2 heterocycles. The van der Waals surface area contributed by atoms with Gasteiger partial charge in [-0.05, 0) is 37.5 Å². The van der Waals surface area contributed by atoms with Crippen molar-refractivity contribution in [2.75, 3.05) is 5.32 Å². The van der Waals surface area contributed by atoms with Crippen LogP contribution in [0, 0.1) is 5.82 Å². The molecule has 1 N–H and O–H groups in total. The number of hydrogen-bond acceptors (Lipinski definition) is 4. The lowest BCUT2D eigenvalue weighted by Crippen LogP contribution is -2.44. The van der Waals surface area contributed by atoms with Crippen LogP contribution < -0.4 is 5.32 Å². The highest BCUT2D eigenvalue weighted by molar-refractivity contribution is 5.78. The van der Waals surface area contributed by atoms with Crippen molar-refractivity contribution in [2.24, 2.45) is 0 Å². The summed E-state index contributed by atoms with van der Waals surface area (Å²) >= 11 is 0. The Kier molecular flexibility index (Phi) is 2.99. The number of aromatic nitrogens is 3. The van der Waals surface area contributed by atoms with Crippen molar-refractivity contribution < 1.29 is 4.39 Å². The first-order valence-corrected chi connectivity index (χ1v) is 7.38. The van der Waals surface area contributed by atoms with E-state index in [-0.39, 0.29) is 5.82 Å². The fourth-order valence-corrected chi connectivity index (χ4v) is 2.94. The summed E-state index contributed by atoms with van der Waals surface area (Å²) in [7, 11) is 0. The van der Waals surface area contributed by atoms with Gasteiger partial charge in [0, 0.05) is 17.8 Å². The van der Waals surface area contributed by atoms with Gasteiger partial charge in [-0.2, -0.15) is 0 Å². The van der Waals surface area contributed by atoms with E-state index in [9.17, 15) is 4.39 Å². The molecule has 2 aromatic heterocycles. The molecular formula is C17H15FN4. The van der Waals surface area contributed by atoms with E-state index in [4.69, 9.17) is 0 Å². The number of nitrogens with zero attached hydrogens (tertiary/aromatic N) is 3. The normalized spacial score (nSPS) is 16.2. The fourth-order valence-electron chi connectivity index (χ4n) is 2.94. The lowest BCUT2D eigenvalue weighted by atomic mass is 9.74. The molecule has 22 heavy (non-hydrogen) atoms. The van der Waals surface area contributed by atoms with E-state index in [0.717, 1.165) is 30.2 Å². The van der Waals surface area contributed by atoms with Crippen LogP contribution in [0.25, 0.3) is 10.9 Å². The number of para-hydroxylation sites is 1. The van der Waals surface area contributed by atoms with Crippen LogP contribution in [0.3, 0.4) is 0 Å². The molecule has 3 aromatic rings. The number of fused-ring (bicyclic) bond motifs is 1. The van der Waals surface area contributed by atoms with E-state index >= 15 is 0 Å². The van der Waals surface area contributed by atoms with Gasteiger partial charge in [0.25, 0.3) is 0 Å². The van der Waals surface area contributed by atoms with Gasteiger partial charge in [-0.1, -0.05) is 18.2 Å². The molecule has 0 atom stereocenters. The second-order valence-electron chi connectivity index (χ2n) is 5.65. The molecular weight excluding hydrogens is 279 g/mol. The van der Waals surface area contributed by atoms with Gasteiger partial charge >= 0.3 is 0 Å². The van der Waals surface area contributed by atoms with Crippen molar-refractivity contribution >= 4 is 16.9 Å². The molecule has 1 saturated carbocycles. The largest absolute Gasteiger partial charge is 0.343 e. The summed E-state index contributed by atoms with van der Waals surface area (Å²) in [5.74, 6) is 0.235. The minimum absolute atomic E-state index is 0.282. The second kappa shape index (κ2) is 5.02. The molecule has 0 spiro atoms. The first-order valence-electron chi connectivity index (χ1n) is 7.38. The average Bonchev–Trinajstić information content (AvgIpc) is 2.52. The van der Waals surface area contributed by atoms with Crippen molar-refractivity contribution in [1.29, 1.82) is 0 Å². The number of anilines is 1. The van der Waals surface area contributed by atoms with Gasteiger partial charge < -0.3 is 5.32 Å². The lowest BCUT2D eigenvalue weighted by molar-refractivity contribution is 0.265. The van der Waals surface area contributed by atoms with Crippen LogP contribution in [0.1, 0.15) is 25.0 Å². The molecule has 0 saturated heterocycles. The van der Waals surface area contributed by atoms with Crippen molar-refractivity contribution in [3.63, 3.8) is 0 Å². The summed E-state index contributed by atoms with van der Waals surface area (Å²) in [6.45, 7) is 0. The van der Waals surface area contributed by atoms with E-state index in [2.05, 4.69) is 20.3 Å². The third kappa shape index (κ3) is 2.09. The van der Waals surface area contributed by atoms with E-state index in [0.29, 0.717) is 11.6 Å². The lowest BCUT2D eigenvalue weighted by Gasteiger charge is -2.42. The topological polar surface area (TPSA) is 50.7 Å². The van der Waals surface area contributed by atoms with Crippen LogP contribution >= 0.6 is 0 Å². The van der Waals surface area contributed by atoms with E-state index in [1.54, 1.807) is 18.5 Å². The summed E-state index contributed by atoms with van der Waals surface area (Å²) in [6, 6.07) is 10.9. The summed E-state index contributed by atoms with van der Waals surface area (Å²) in [5.41, 5.74) is 0.835. The molecule has 110 valence electrons. The van der Waals surface area contributed by atoms with Crippen LogP contribution in [-0.2, 0) is 5.54 Å². The quantitative estimate of drug-likeness (QED) is 0.801. The maximum Gasteiger partial charge on any atom is 0.223 e. The second-order valence-corrected chi connectivity index (χ2v) is 5.65. The number of benzene rings is 1. The molecule has 4 nitrogen and oxygen atoms in total. The standard InChI is InChI=1S/C17H15FN4/c18-13-6-3-10-19-15(13)17(8-4-9-17)22-16-20-11-12-5-1-2-7-14(12)21-16/h1-3,5-7,10-11H,4,8-9H2,(H,20,21,22). The van der Waals surface area contributed by atoms with Crippen molar-refractivity contribution in [3.05, 3.63) is 60.3 Å². The Balaban J connectivity index is 1.72. The fraction of sp³-hybridized carbons (Fsp3) is 0.235. The Hall–Kier alpha value is -2.56. The minimum Gasteiger partial charge on any atom is -0.343 e. The van der Waals surface area contributed by atoms with Gasteiger partial charge in [0.05, 0.1) is 11.1 Å². The Morgan fingerprint density at radius 2 is 1.91 bits per heavy atom. The van der Waals surface area contributed by atoms with Gasteiger partial charge in [0.2, 0.25) is 5.95 Å². The van der Waals surface area contributed by atoms with E-state index in [1.807, 2.05) is 24.3 Å². The number of halogens is 1. The summed E-state index contributed by atoms with van der Waals surface area (Å²) in [4.78, 5) is 13.1. The third-order valence-corrected chi connectivity index (χ3v) is 4.26. The molecule has 1 fully saturated rings. The van der Waals surface area contributed by atoms with E-state index < -0.39 is 5.54 Å². The van der Waals surface area contributed by atoms with Crippen LogP contribution in [0.15, 0.2) is 48.8 Å². The Morgan fingerprint density at radius 1 is 1.05 bits per heavy atom. The number of pyridine rings is 1. The number of hydrogen-bond donors (Lipinski definition) is 1. The molecule has 0 aliphatic heterocycles. The van der Waals surface area contributed by atoms with Gasteiger partial charge in [-0.25, -0.2) is 14.4 Å². The van der Waals surface area contributed by atoms with E-state index in [1.165, 1.54) is 6.07 Å². The Bertz CT molecular complexity index is 830. The van der Waals surface area contributed by atoms with Crippen LogP contribution in [0.4, 0.5) is 10.3 Å². The average molecular weight is 294 g/mol. The van der Waals surface area contributed by atoms with Gasteiger partial charge in [-0.3, -0.25) is 4.98 Å². The molecule has 1 aliphatic rings. The predicted octanol–water partition coefficient (Wildman–Crippen LogP) is 3.66. The van der Waals surface area contributed by atoms with Crippen molar-refractivity contribution in [1.82, 2.24) is 15.0 Å². The molecule has 0 radical (unpaired) electrons. The maximum atomic E-state index is 14.1. The molecule has 1 aromatic carbocycles. The van der Waals surface area contributed by atoms with Crippen LogP contribution in [0.2, 0.25) is 0 Å². The number of rotatable bonds is 3. The minimum atomic E-state index is -0.492. The molecule has 0 bridgehead atoms. The van der Waals surface area contributed by atoms with Crippen LogP contribution in [0.5, 0.6) is 0 Å². The Morgan fingerprint density at radius 3 is 2.68 bits per heavy atom. The first kappa shape index (κ1) is 13.1. The zero-order chi connectivity index (χ0) is 15.0. The van der Waals surface area contributed by atoms with Crippen molar-refractivity contribution in [2.45, 2.75) is 24.8 Å². The van der Waals surface area contributed by atoms with Gasteiger partial charge in [0.15, 0.2) is 0 Å². The highest BCUT2D eigenvalue weighted by Crippen LogP contribution is 2.43. The zero-order valence-corrected chi connectivity index (χ0v) is 12.0. The predicted molar refractivity (Wildman–Crippen MR) is 82.9 cm³/mol. The summed E-state index contributed by atoms with van der Waals surface area (Å²) in [5, 5.41) is 4.30. The molecule has 0 amide bonds. The van der Waals surface area contributed by atoms with Crippen LogP contribution in [-0.4, -0.2) is 15.0 Å². The SMILES string of the molecule is Fc1cccnc1C1(Nc2ncc3ccccc3n2)CCC1. The maximum absolute atomic E-state index is 14.1. The number of nitrogens with one attached hydrogen (secondary N) is 1. The van der Waals surface area contributed by atoms with Gasteiger partial charge in [-0.15, -0.1) is 0 Å².